The first-order chi connectivity index (χ1) is 17.4. The summed E-state index contributed by atoms with van der Waals surface area (Å²) in [5, 5.41) is 3.52. The second-order valence-corrected chi connectivity index (χ2v) is 12.3. The molecule has 1 amide bonds. The number of hydrogen-bond acceptors (Lipinski definition) is 4. The molecular weight excluding hydrogens is 501 g/mol. The summed E-state index contributed by atoms with van der Waals surface area (Å²) in [7, 11) is -3.56. The van der Waals surface area contributed by atoms with Crippen LogP contribution in [0.15, 0.2) is 65.6 Å². The highest BCUT2D eigenvalue weighted by atomic mass is 32.2. The highest BCUT2D eigenvalue weighted by Crippen LogP contribution is 2.36. The van der Waals surface area contributed by atoms with E-state index in [0.717, 1.165) is 18.6 Å². The molecule has 1 saturated carbocycles. The number of halogens is 3. The predicted octanol–water partition coefficient (Wildman–Crippen LogP) is 5.33. The minimum Gasteiger partial charge on any atom is -0.336 e. The van der Waals surface area contributed by atoms with Gasteiger partial charge in [-0.1, -0.05) is 44.2 Å². The first-order valence-corrected chi connectivity index (χ1v) is 14.3. The van der Waals surface area contributed by atoms with Gasteiger partial charge in [-0.2, -0.15) is 13.2 Å². The molecule has 2 aliphatic rings. The second kappa shape index (κ2) is 11.0. The lowest BCUT2D eigenvalue weighted by Gasteiger charge is -2.44. The molecule has 0 radical (unpaired) electrons. The third-order valence-corrected chi connectivity index (χ3v) is 9.07. The van der Waals surface area contributed by atoms with Crippen LogP contribution in [-0.2, 0) is 20.8 Å². The van der Waals surface area contributed by atoms with Crippen LogP contribution < -0.4 is 5.32 Å². The molecule has 2 aromatic carbocycles. The van der Waals surface area contributed by atoms with Gasteiger partial charge in [-0.05, 0) is 67.0 Å². The lowest BCUT2D eigenvalue weighted by Crippen LogP contribution is -2.53. The maximum Gasteiger partial charge on any atom is 0.416 e. The van der Waals surface area contributed by atoms with Gasteiger partial charge in [0.15, 0.2) is 9.84 Å². The van der Waals surface area contributed by atoms with Gasteiger partial charge in [0.1, 0.15) is 0 Å². The summed E-state index contributed by atoms with van der Waals surface area (Å²) >= 11 is 0. The van der Waals surface area contributed by atoms with Crippen LogP contribution in [0, 0.1) is 5.92 Å². The average Bonchev–Trinajstić information content (AvgIpc) is 2.84. The number of amides is 1. The zero-order valence-electron chi connectivity index (χ0n) is 21.0. The third kappa shape index (κ3) is 6.62. The topological polar surface area (TPSA) is 66.5 Å². The monoisotopic (exact) mass is 534 g/mol. The molecule has 9 heteroatoms. The number of carbonyl (C=O) groups excluding carboxylic acids is 1. The molecule has 1 heterocycles. The van der Waals surface area contributed by atoms with E-state index in [2.05, 4.69) is 19.2 Å². The van der Waals surface area contributed by atoms with Crippen LogP contribution in [0.3, 0.4) is 0 Å². The quantitative estimate of drug-likeness (QED) is 0.522. The molecule has 0 unspecified atom stereocenters. The van der Waals surface area contributed by atoms with E-state index in [0.29, 0.717) is 36.9 Å². The van der Waals surface area contributed by atoms with Gasteiger partial charge in [0, 0.05) is 30.7 Å². The predicted molar refractivity (Wildman–Crippen MR) is 137 cm³/mol. The minimum absolute atomic E-state index is 0.0636. The first-order valence-electron chi connectivity index (χ1n) is 12.7. The molecule has 0 saturated heterocycles. The van der Waals surface area contributed by atoms with Gasteiger partial charge < -0.3 is 10.2 Å². The van der Waals surface area contributed by atoms with Crippen LogP contribution in [0.1, 0.15) is 50.7 Å². The van der Waals surface area contributed by atoms with Gasteiger partial charge >= 0.3 is 6.18 Å². The van der Waals surface area contributed by atoms with Crippen molar-refractivity contribution in [1.29, 1.82) is 0 Å². The average molecular weight is 535 g/mol. The molecule has 1 aliphatic carbocycles. The van der Waals surface area contributed by atoms with Gasteiger partial charge in [0.05, 0.1) is 16.2 Å². The van der Waals surface area contributed by atoms with Crippen molar-refractivity contribution < 1.29 is 26.4 Å². The molecule has 4 rings (SSSR count). The molecule has 2 aromatic rings. The summed E-state index contributed by atoms with van der Waals surface area (Å²) in [6.07, 6.45) is -0.517. The molecule has 1 aliphatic heterocycles. The van der Waals surface area contributed by atoms with Crippen molar-refractivity contribution in [2.24, 2.45) is 5.92 Å². The van der Waals surface area contributed by atoms with Crippen molar-refractivity contribution in [2.75, 3.05) is 12.3 Å². The Labute approximate surface area is 216 Å². The lowest BCUT2D eigenvalue weighted by molar-refractivity contribution is -0.137. The van der Waals surface area contributed by atoms with Crippen LogP contribution >= 0.6 is 0 Å². The Balaban J connectivity index is 1.57. The van der Waals surface area contributed by atoms with E-state index >= 15 is 0 Å². The molecular formula is C28H33F3N2O3S. The van der Waals surface area contributed by atoms with E-state index in [1.54, 1.807) is 41.3 Å². The summed E-state index contributed by atoms with van der Waals surface area (Å²) in [6.45, 7) is 4.45. The maximum absolute atomic E-state index is 13.3. The van der Waals surface area contributed by atoms with Crippen molar-refractivity contribution in [2.45, 2.75) is 68.7 Å². The number of hydrogen-bond donors (Lipinski definition) is 1. The number of carbonyl (C=O) groups is 1. The number of nitrogens with zero attached hydrogens (tertiary/aromatic N) is 1. The molecule has 37 heavy (non-hydrogen) atoms. The second-order valence-electron chi connectivity index (χ2n) is 10.3. The summed E-state index contributed by atoms with van der Waals surface area (Å²) in [5.41, 5.74) is 0.203. The fraction of sp³-hybridized carbons (Fsp3) is 0.464. The molecule has 0 spiro atoms. The molecule has 3 atom stereocenters. The SMILES string of the molecule is CC(C)N[C@@H]1CC[C@H](N2CCC(c3cccc(C(F)(F)F)c3)=CC2=O)[C@@H](CS(=O)(=O)c2ccccc2)C1. The summed E-state index contributed by atoms with van der Waals surface area (Å²) in [6, 6.07) is 13.5. The number of sulfone groups is 1. The Kier molecular flexibility index (Phi) is 8.14. The van der Waals surface area contributed by atoms with Gasteiger partial charge in [-0.25, -0.2) is 8.42 Å². The van der Waals surface area contributed by atoms with E-state index in [1.165, 1.54) is 12.1 Å². The van der Waals surface area contributed by atoms with Crippen LogP contribution in [-0.4, -0.2) is 49.6 Å². The Morgan fingerprint density at radius 1 is 1.05 bits per heavy atom. The zero-order chi connectivity index (χ0) is 26.8. The number of nitrogens with one attached hydrogen (secondary N) is 1. The Morgan fingerprint density at radius 2 is 1.78 bits per heavy atom. The Morgan fingerprint density at radius 3 is 2.43 bits per heavy atom. The highest BCUT2D eigenvalue weighted by molar-refractivity contribution is 7.91. The van der Waals surface area contributed by atoms with E-state index in [-0.39, 0.29) is 40.6 Å². The van der Waals surface area contributed by atoms with Crippen molar-refractivity contribution in [3.8, 4) is 0 Å². The largest absolute Gasteiger partial charge is 0.416 e. The molecule has 5 nitrogen and oxygen atoms in total. The van der Waals surface area contributed by atoms with Crippen LogP contribution in [0.5, 0.6) is 0 Å². The standard InChI is InChI=1S/C28H33F3N2O3S/c1-19(2)32-24-11-12-26(22(16-24)18-37(35,36)25-9-4-3-5-10-25)33-14-13-21(17-27(33)34)20-7-6-8-23(15-20)28(29,30)31/h3-10,15,17,19,22,24,26,32H,11-14,16,18H2,1-2H3/t22-,24-,26+/m1/s1. The smallest absolute Gasteiger partial charge is 0.336 e. The highest BCUT2D eigenvalue weighted by Gasteiger charge is 2.40. The maximum atomic E-state index is 13.3. The Hall–Kier alpha value is -2.65. The summed E-state index contributed by atoms with van der Waals surface area (Å²) < 4.78 is 66.1. The van der Waals surface area contributed by atoms with Crippen LogP contribution in [0.4, 0.5) is 13.2 Å². The van der Waals surface area contributed by atoms with E-state index < -0.39 is 21.6 Å². The Bertz CT molecular complexity index is 1240. The lowest BCUT2D eigenvalue weighted by atomic mass is 9.80. The van der Waals surface area contributed by atoms with Crippen LogP contribution in [0.2, 0.25) is 0 Å². The van der Waals surface area contributed by atoms with Crippen molar-refractivity contribution >= 4 is 21.3 Å². The van der Waals surface area contributed by atoms with Gasteiger partial charge in [0.2, 0.25) is 5.91 Å². The number of alkyl halides is 3. The van der Waals surface area contributed by atoms with Crippen molar-refractivity contribution in [3.63, 3.8) is 0 Å². The number of rotatable bonds is 7. The van der Waals surface area contributed by atoms with Gasteiger partial charge in [0.25, 0.3) is 0 Å². The van der Waals surface area contributed by atoms with E-state index in [9.17, 15) is 26.4 Å². The fourth-order valence-electron chi connectivity index (χ4n) is 5.57. The number of benzene rings is 2. The van der Waals surface area contributed by atoms with Gasteiger partial charge in [-0.3, -0.25) is 4.79 Å². The molecule has 1 fully saturated rings. The summed E-state index contributed by atoms with van der Waals surface area (Å²) in [4.78, 5) is 15.3. The molecule has 0 bridgehead atoms. The normalized spacial score (nSPS) is 23.3. The zero-order valence-corrected chi connectivity index (χ0v) is 21.9. The molecule has 1 N–H and O–H groups in total. The van der Waals surface area contributed by atoms with Gasteiger partial charge in [-0.15, -0.1) is 0 Å². The van der Waals surface area contributed by atoms with E-state index in [4.69, 9.17) is 0 Å². The molecule has 0 aromatic heterocycles. The first kappa shape index (κ1) is 27.4. The third-order valence-electron chi connectivity index (χ3n) is 7.21. The van der Waals surface area contributed by atoms with E-state index in [1.807, 2.05) is 0 Å². The fourth-order valence-corrected chi connectivity index (χ4v) is 7.26. The minimum atomic E-state index is -4.46. The van der Waals surface area contributed by atoms with Crippen molar-refractivity contribution in [1.82, 2.24) is 10.2 Å². The summed E-state index contributed by atoms with van der Waals surface area (Å²) in [5.74, 6) is -0.602. The van der Waals surface area contributed by atoms with Crippen molar-refractivity contribution in [3.05, 3.63) is 71.8 Å². The van der Waals surface area contributed by atoms with Crippen LogP contribution in [0.25, 0.3) is 5.57 Å². The molecule has 200 valence electrons.